The van der Waals surface area contributed by atoms with Gasteiger partial charge in [-0.2, -0.15) is 18.2 Å². The van der Waals surface area contributed by atoms with E-state index < -0.39 is 0 Å². The van der Waals surface area contributed by atoms with Crippen LogP contribution in [-0.4, -0.2) is 5.11 Å². The maximum absolute atomic E-state index is 9.70. The first-order valence-electron chi connectivity index (χ1n) is 6.54. The topological polar surface area (TPSA) is 20.2 Å². The number of aliphatic hydroxyl groups excluding tert-OH is 1. The van der Waals surface area contributed by atoms with Crippen LogP contribution in [0.3, 0.4) is 0 Å². The van der Waals surface area contributed by atoms with E-state index in [2.05, 4.69) is 0 Å². The summed E-state index contributed by atoms with van der Waals surface area (Å²) in [6, 6.07) is 19.9. The van der Waals surface area contributed by atoms with E-state index in [4.69, 9.17) is 0 Å². The van der Waals surface area contributed by atoms with Gasteiger partial charge in [0.25, 0.3) is 0 Å². The molecule has 0 aliphatic heterocycles. The van der Waals surface area contributed by atoms with Crippen molar-refractivity contribution in [1.82, 2.24) is 0 Å². The Hall–Kier alpha value is -2.15. The van der Waals surface area contributed by atoms with E-state index in [0.717, 1.165) is 11.1 Å². The summed E-state index contributed by atoms with van der Waals surface area (Å²) in [5, 5.41) is 9.70. The Labute approximate surface area is 136 Å². The zero-order chi connectivity index (χ0) is 14.0. The smallest absolute Gasteiger partial charge is 0.122 e. The summed E-state index contributed by atoms with van der Waals surface area (Å²) < 4.78 is 0. The number of allylic oxidation sites excluding steroid dienone is 6. The van der Waals surface area contributed by atoms with Gasteiger partial charge in [-0.15, -0.1) is 0 Å². The van der Waals surface area contributed by atoms with Crippen molar-refractivity contribution in [2.45, 2.75) is 0 Å². The van der Waals surface area contributed by atoms with Crippen LogP contribution in [0.4, 0.5) is 0 Å². The van der Waals surface area contributed by atoms with Crippen LogP contribution >= 0.6 is 0 Å². The Balaban J connectivity index is 0.000000313. The van der Waals surface area contributed by atoms with Gasteiger partial charge in [0.15, 0.2) is 0 Å². The van der Waals surface area contributed by atoms with Crippen molar-refractivity contribution in [2.75, 3.05) is 0 Å². The van der Waals surface area contributed by atoms with E-state index in [-0.39, 0.29) is 17.1 Å². The molecule has 0 atom stereocenters. The predicted octanol–water partition coefficient (Wildman–Crippen LogP) is 5.04. The molecule has 0 heterocycles. The summed E-state index contributed by atoms with van der Waals surface area (Å²) in [7, 11) is 0. The molecule has 0 saturated carbocycles. The van der Waals surface area contributed by atoms with E-state index in [0.29, 0.717) is 5.76 Å². The monoisotopic (exact) mass is 317 g/mol. The molecule has 2 aromatic rings. The van der Waals surface area contributed by atoms with Crippen LogP contribution in [0.25, 0.3) is 6.08 Å². The SMILES string of the molecule is OC(C=Cc1ccccc1)=C1C=CC=C1.[Fe].c1cc[cH-]c1. The van der Waals surface area contributed by atoms with E-state index in [1.54, 1.807) is 6.08 Å². The Morgan fingerprint density at radius 1 is 0.905 bits per heavy atom. The van der Waals surface area contributed by atoms with Crippen LogP contribution in [0.5, 0.6) is 0 Å². The molecular formula is C19H17FeO-. The molecule has 0 spiro atoms. The number of hydrogen-bond donors (Lipinski definition) is 1. The summed E-state index contributed by atoms with van der Waals surface area (Å²) in [6.07, 6.45) is 11.2. The first kappa shape index (κ1) is 16.9. The second-order valence-electron chi connectivity index (χ2n) is 4.27. The molecule has 1 aliphatic rings. The van der Waals surface area contributed by atoms with Crippen molar-refractivity contribution in [3.8, 4) is 0 Å². The third-order valence-corrected chi connectivity index (χ3v) is 2.75. The van der Waals surface area contributed by atoms with Crippen molar-refractivity contribution in [3.63, 3.8) is 0 Å². The average Bonchev–Trinajstić information content (AvgIpc) is 3.20. The Morgan fingerprint density at radius 2 is 1.52 bits per heavy atom. The van der Waals surface area contributed by atoms with Crippen molar-refractivity contribution in [3.05, 3.63) is 108 Å². The number of benzene rings is 1. The van der Waals surface area contributed by atoms with Gasteiger partial charge in [0.1, 0.15) is 5.76 Å². The van der Waals surface area contributed by atoms with Gasteiger partial charge in [0, 0.05) is 22.6 Å². The van der Waals surface area contributed by atoms with E-state index >= 15 is 0 Å². The molecule has 0 amide bonds. The van der Waals surface area contributed by atoms with Gasteiger partial charge >= 0.3 is 0 Å². The fraction of sp³-hybridized carbons (Fsp3) is 0. The predicted molar refractivity (Wildman–Crippen MR) is 85.4 cm³/mol. The molecule has 0 unspecified atom stereocenters. The van der Waals surface area contributed by atoms with E-state index in [1.165, 1.54) is 0 Å². The summed E-state index contributed by atoms with van der Waals surface area (Å²) in [4.78, 5) is 0. The Morgan fingerprint density at radius 3 is 2.05 bits per heavy atom. The fourth-order valence-corrected chi connectivity index (χ4v) is 1.70. The first-order chi connectivity index (χ1) is 9.86. The van der Waals surface area contributed by atoms with Crippen LogP contribution in [0.2, 0.25) is 0 Å². The standard InChI is InChI=1S/C14H12O.C5H5.Fe/c15-14(13-8-4-5-9-13)11-10-12-6-2-1-3-7-12;1-2-4-5-3-1;/h1-11,15H;1-5H;/q;-1;. The molecule has 2 heteroatoms. The first-order valence-corrected chi connectivity index (χ1v) is 6.54. The van der Waals surface area contributed by atoms with Gasteiger partial charge in [0.05, 0.1) is 0 Å². The number of hydrogen-bond acceptors (Lipinski definition) is 1. The molecule has 108 valence electrons. The quantitative estimate of drug-likeness (QED) is 0.467. The van der Waals surface area contributed by atoms with Gasteiger partial charge in [-0.25, -0.2) is 12.1 Å². The van der Waals surface area contributed by atoms with E-state index in [9.17, 15) is 5.11 Å². The summed E-state index contributed by atoms with van der Waals surface area (Å²) in [6.45, 7) is 0. The zero-order valence-electron chi connectivity index (χ0n) is 11.5. The molecule has 3 rings (SSSR count). The van der Waals surface area contributed by atoms with Crippen LogP contribution in [0, 0.1) is 0 Å². The van der Waals surface area contributed by atoms with Crippen molar-refractivity contribution >= 4 is 6.08 Å². The minimum Gasteiger partial charge on any atom is -0.507 e. The Bertz CT molecular complexity index is 586. The normalized spacial score (nSPS) is 11.9. The van der Waals surface area contributed by atoms with Crippen molar-refractivity contribution < 1.29 is 22.2 Å². The third-order valence-electron chi connectivity index (χ3n) is 2.75. The van der Waals surface area contributed by atoms with E-state index in [1.807, 2.05) is 91.0 Å². The van der Waals surface area contributed by atoms with Crippen molar-refractivity contribution in [1.29, 1.82) is 0 Å². The summed E-state index contributed by atoms with van der Waals surface area (Å²) in [5.74, 6) is 0.295. The molecule has 0 fully saturated rings. The van der Waals surface area contributed by atoms with Crippen LogP contribution in [-0.2, 0) is 17.1 Å². The van der Waals surface area contributed by atoms with Crippen molar-refractivity contribution in [2.24, 2.45) is 0 Å². The molecule has 0 aromatic heterocycles. The molecule has 0 bridgehead atoms. The van der Waals surface area contributed by atoms with Crippen LogP contribution in [0.1, 0.15) is 5.56 Å². The average molecular weight is 317 g/mol. The van der Waals surface area contributed by atoms with Gasteiger partial charge < -0.3 is 5.11 Å². The molecule has 21 heavy (non-hydrogen) atoms. The fourth-order valence-electron chi connectivity index (χ4n) is 1.70. The molecule has 2 aromatic carbocycles. The second-order valence-corrected chi connectivity index (χ2v) is 4.27. The van der Waals surface area contributed by atoms with Gasteiger partial charge in [-0.05, 0) is 11.6 Å². The molecule has 1 nitrogen and oxygen atoms in total. The van der Waals surface area contributed by atoms with Crippen LogP contribution in [0.15, 0.2) is 102 Å². The number of aliphatic hydroxyl groups is 1. The largest absolute Gasteiger partial charge is 0.507 e. The minimum atomic E-state index is 0. The molecule has 1 aliphatic carbocycles. The molecular weight excluding hydrogens is 300 g/mol. The maximum Gasteiger partial charge on any atom is 0.122 e. The zero-order valence-corrected chi connectivity index (χ0v) is 12.6. The van der Waals surface area contributed by atoms with Gasteiger partial charge in [0.2, 0.25) is 0 Å². The van der Waals surface area contributed by atoms with Gasteiger partial charge in [-0.3, -0.25) is 0 Å². The Kier molecular flexibility index (Phi) is 7.81. The minimum absolute atomic E-state index is 0. The maximum atomic E-state index is 9.70. The molecule has 1 N–H and O–H groups in total. The number of rotatable bonds is 2. The third kappa shape index (κ3) is 6.22. The summed E-state index contributed by atoms with van der Waals surface area (Å²) in [5.41, 5.74) is 1.93. The molecule has 0 saturated heterocycles. The second kappa shape index (κ2) is 9.71. The molecule has 0 radical (unpaired) electrons. The van der Waals surface area contributed by atoms with Gasteiger partial charge in [-0.1, -0.05) is 60.7 Å². The van der Waals surface area contributed by atoms with Crippen LogP contribution < -0.4 is 0 Å². The summed E-state index contributed by atoms with van der Waals surface area (Å²) >= 11 is 0.